The summed E-state index contributed by atoms with van der Waals surface area (Å²) in [4.78, 5) is 14.8. The van der Waals surface area contributed by atoms with Crippen LogP contribution in [0.15, 0.2) is 24.5 Å². The molecule has 1 aromatic heterocycles. The molecule has 0 aliphatic heterocycles. The van der Waals surface area contributed by atoms with E-state index in [2.05, 4.69) is 9.72 Å². The number of esters is 1. The van der Waals surface area contributed by atoms with Gasteiger partial charge >= 0.3 is 5.97 Å². The molecule has 94 valence electrons. The Kier molecular flexibility index (Phi) is 4.62. The number of hydrogen-bond donors (Lipinski definition) is 0. The Labute approximate surface area is 101 Å². The number of carbonyl (C=O) groups excluding carboxylic acids is 1. The first kappa shape index (κ1) is 13.6. The highest BCUT2D eigenvalue weighted by Gasteiger charge is 2.24. The molecule has 0 amide bonds. The van der Waals surface area contributed by atoms with Crippen molar-refractivity contribution >= 4 is 15.8 Å². The maximum absolute atomic E-state index is 11.9. The second-order valence-electron chi connectivity index (χ2n) is 3.75. The molecule has 0 spiro atoms. The zero-order chi connectivity index (χ0) is 12.9. The minimum absolute atomic E-state index is 0.0896. The first-order valence-electron chi connectivity index (χ1n) is 5.13. The van der Waals surface area contributed by atoms with Gasteiger partial charge < -0.3 is 4.74 Å². The number of carbonyl (C=O) groups is 1. The zero-order valence-corrected chi connectivity index (χ0v) is 10.6. The highest BCUT2D eigenvalue weighted by Crippen LogP contribution is 2.13. The van der Waals surface area contributed by atoms with Crippen LogP contribution in [0, 0.1) is 0 Å². The van der Waals surface area contributed by atoms with Crippen molar-refractivity contribution in [2.24, 2.45) is 0 Å². The molecule has 1 unspecified atom stereocenters. The molecule has 0 saturated carbocycles. The predicted molar refractivity (Wildman–Crippen MR) is 63.0 cm³/mol. The molecule has 0 fully saturated rings. The minimum Gasteiger partial charge on any atom is -0.469 e. The van der Waals surface area contributed by atoms with Gasteiger partial charge in [0.1, 0.15) is 0 Å². The molecule has 0 saturated heterocycles. The van der Waals surface area contributed by atoms with E-state index in [-0.39, 0.29) is 12.2 Å². The third-order valence-corrected chi connectivity index (χ3v) is 4.54. The van der Waals surface area contributed by atoms with Gasteiger partial charge in [-0.1, -0.05) is 0 Å². The molecule has 0 bridgehead atoms. The van der Waals surface area contributed by atoms with Crippen LogP contribution in [0.2, 0.25) is 0 Å². The predicted octanol–water partition coefficient (Wildman–Crippen LogP) is 0.948. The van der Waals surface area contributed by atoms with Crippen molar-refractivity contribution in [2.75, 3.05) is 7.11 Å². The summed E-state index contributed by atoms with van der Waals surface area (Å²) in [6.07, 6.45) is 2.95. The van der Waals surface area contributed by atoms with Crippen molar-refractivity contribution in [1.29, 1.82) is 0 Å². The molecule has 5 nitrogen and oxygen atoms in total. The standard InChI is InChI=1S/C11H15NO4S/c1-9(7-11(13)16-2)17(14,15)8-10-3-5-12-6-4-10/h3-6,9H,7-8H2,1-2H3. The monoisotopic (exact) mass is 257 g/mol. The number of hydrogen-bond acceptors (Lipinski definition) is 5. The van der Waals surface area contributed by atoms with Gasteiger partial charge in [-0.15, -0.1) is 0 Å². The van der Waals surface area contributed by atoms with Gasteiger partial charge in [0.05, 0.1) is 24.5 Å². The maximum atomic E-state index is 11.9. The van der Waals surface area contributed by atoms with Gasteiger partial charge in [-0.05, 0) is 24.6 Å². The van der Waals surface area contributed by atoms with Crippen molar-refractivity contribution in [2.45, 2.75) is 24.3 Å². The Morgan fingerprint density at radius 1 is 1.41 bits per heavy atom. The zero-order valence-electron chi connectivity index (χ0n) is 9.79. The number of methoxy groups -OCH3 is 1. The second-order valence-corrected chi connectivity index (χ2v) is 6.17. The number of ether oxygens (including phenoxy) is 1. The number of rotatable bonds is 5. The Bertz CT molecular complexity index is 470. The molecule has 1 aromatic rings. The molecular weight excluding hydrogens is 242 g/mol. The molecule has 6 heteroatoms. The van der Waals surface area contributed by atoms with Crippen LogP contribution in [-0.4, -0.2) is 31.7 Å². The van der Waals surface area contributed by atoms with E-state index in [4.69, 9.17) is 0 Å². The minimum atomic E-state index is -3.35. The largest absolute Gasteiger partial charge is 0.469 e. The third kappa shape index (κ3) is 4.14. The Morgan fingerprint density at radius 2 is 2.00 bits per heavy atom. The van der Waals surface area contributed by atoms with Gasteiger partial charge in [0.2, 0.25) is 0 Å². The van der Waals surface area contributed by atoms with Crippen molar-refractivity contribution in [3.63, 3.8) is 0 Å². The second kappa shape index (κ2) is 5.77. The lowest BCUT2D eigenvalue weighted by molar-refractivity contribution is -0.140. The van der Waals surface area contributed by atoms with Crippen LogP contribution in [0.1, 0.15) is 18.9 Å². The molecule has 0 aliphatic rings. The van der Waals surface area contributed by atoms with E-state index in [0.29, 0.717) is 5.56 Å². The highest BCUT2D eigenvalue weighted by molar-refractivity contribution is 7.91. The van der Waals surface area contributed by atoms with E-state index in [0.717, 1.165) is 0 Å². The topological polar surface area (TPSA) is 73.3 Å². The van der Waals surface area contributed by atoms with E-state index in [1.54, 1.807) is 12.1 Å². The number of nitrogens with zero attached hydrogens (tertiary/aromatic N) is 1. The van der Waals surface area contributed by atoms with Gasteiger partial charge in [0.15, 0.2) is 9.84 Å². The van der Waals surface area contributed by atoms with Gasteiger partial charge in [0.25, 0.3) is 0 Å². The summed E-state index contributed by atoms with van der Waals surface area (Å²) in [5, 5.41) is -0.747. The lowest BCUT2D eigenvalue weighted by Gasteiger charge is -2.11. The first-order chi connectivity index (χ1) is 7.95. The highest BCUT2D eigenvalue weighted by atomic mass is 32.2. The molecule has 0 radical (unpaired) electrons. The van der Waals surface area contributed by atoms with Crippen LogP contribution >= 0.6 is 0 Å². The Hall–Kier alpha value is -1.43. The fourth-order valence-electron chi connectivity index (χ4n) is 1.30. The Morgan fingerprint density at radius 3 is 2.53 bits per heavy atom. The Balaban J connectivity index is 2.72. The fourth-order valence-corrected chi connectivity index (χ4v) is 2.63. The summed E-state index contributed by atoms with van der Waals surface area (Å²) < 4.78 is 28.3. The normalized spacial score (nSPS) is 13.1. The third-order valence-electron chi connectivity index (χ3n) is 2.41. The summed E-state index contributed by atoms with van der Waals surface area (Å²) in [5.41, 5.74) is 0.664. The number of aromatic nitrogens is 1. The molecule has 1 atom stereocenters. The number of sulfone groups is 1. The van der Waals surface area contributed by atoms with Gasteiger partial charge in [-0.3, -0.25) is 9.78 Å². The van der Waals surface area contributed by atoms with Crippen molar-refractivity contribution < 1.29 is 17.9 Å². The van der Waals surface area contributed by atoms with Gasteiger partial charge in [-0.2, -0.15) is 0 Å². The van der Waals surface area contributed by atoms with Crippen molar-refractivity contribution in [1.82, 2.24) is 4.98 Å². The summed E-state index contributed by atoms with van der Waals surface area (Å²) in [7, 11) is -2.11. The summed E-state index contributed by atoms with van der Waals surface area (Å²) in [6, 6.07) is 3.28. The molecule has 0 N–H and O–H groups in total. The average molecular weight is 257 g/mol. The maximum Gasteiger partial charge on any atom is 0.306 e. The van der Waals surface area contributed by atoms with Crippen LogP contribution in [-0.2, 0) is 25.1 Å². The molecule has 0 aliphatic carbocycles. The lowest BCUT2D eigenvalue weighted by atomic mass is 10.3. The van der Waals surface area contributed by atoms with Crippen molar-refractivity contribution in [3.05, 3.63) is 30.1 Å². The quantitative estimate of drug-likeness (QED) is 0.734. The van der Waals surface area contributed by atoms with Crippen molar-refractivity contribution in [3.8, 4) is 0 Å². The molecule has 1 heterocycles. The molecule has 0 aromatic carbocycles. The van der Waals surface area contributed by atoms with E-state index in [1.165, 1.54) is 26.4 Å². The molecule has 17 heavy (non-hydrogen) atoms. The fraction of sp³-hybridized carbons (Fsp3) is 0.455. The van der Waals surface area contributed by atoms with E-state index in [9.17, 15) is 13.2 Å². The van der Waals surface area contributed by atoms with Crippen LogP contribution < -0.4 is 0 Å². The van der Waals surface area contributed by atoms with Crippen LogP contribution in [0.3, 0.4) is 0 Å². The lowest BCUT2D eigenvalue weighted by Crippen LogP contribution is -2.23. The summed E-state index contributed by atoms with van der Waals surface area (Å²) in [5.74, 6) is -0.607. The smallest absolute Gasteiger partial charge is 0.306 e. The number of pyridine rings is 1. The van der Waals surface area contributed by atoms with E-state index in [1.807, 2.05) is 0 Å². The average Bonchev–Trinajstić information content (AvgIpc) is 2.29. The molecule has 1 rings (SSSR count). The first-order valence-corrected chi connectivity index (χ1v) is 6.84. The van der Waals surface area contributed by atoms with E-state index < -0.39 is 21.1 Å². The molecular formula is C11H15NO4S. The van der Waals surface area contributed by atoms with Crippen LogP contribution in [0.4, 0.5) is 0 Å². The SMILES string of the molecule is COC(=O)CC(C)S(=O)(=O)Cc1ccncc1. The summed E-state index contributed by atoms with van der Waals surface area (Å²) in [6.45, 7) is 1.51. The summed E-state index contributed by atoms with van der Waals surface area (Å²) >= 11 is 0. The van der Waals surface area contributed by atoms with E-state index >= 15 is 0 Å². The van der Waals surface area contributed by atoms with Crippen LogP contribution in [0.5, 0.6) is 0 Å². The van der Waals surface area contributed by atoms with Crippen LogP contribution in [0.25, 0.3) is 0 Å². The van der Waals surface area contributed by atoms with Gasteiger partial charge in [0, 0.05) is 12.4 Å². The van der Waals surface area contributed by atoms with Gasteiger partial charge in [-0.25, -0.2) is 8.42 Å².